The summed E-state index contributed by atoms with van der Waals surface area (Å²) in [5, 5.41) is 3.88. The third-order valence-electron chi connectivity index (χ3n) is 4.69. The highest BCUT2D eigenvalue weighted by Gasteiger charge is 2.67. The van der Waals surface area contributed by atoms with Crippen LogP contribution in [0.4, 0.5) is 0 Å². The lowest BCUT2D eigenvalue weighted by molar-refractivity contribution is 0.352. The van der Waals surface area contributed by atoms with Gasteiger partial charge in [-0.1, -0.05) is 5.16 Å². The molecule has 0 spiro atoms. The summed E-state index contributed by atoms with van der Waals surface area (Å²) >= 11 is 0. The molecule has 4 rings (SSSR count). The lowest BCUT2D eigenvalue weighted by Crippen LogP contribution is -2.00. The third kappa shape index (κ3) is 0.956. The normalized spacial score (nSPS) is 45.8. The van der Waals surface area contributed by atoms with Crippen LogP contribution in [0, 0.1) is 23.7 Å². The van der Waals surface area contributed by atoms with Crippen molar-refractivity contribution in [2.24, 2.45) is 29.4 Å². The Morgan fingerprint density at radius 2 is 2.00 bits per heavy atom. The molecule has 4 unspecified atom stereocenters. The molecule has 2 bridgehead atoms. The van der Waals surface area contributed by atoms with Gasteiger partial charge in [-0.05, 0) is 42.9 Å². The zero-order valence-electron chi connectivity index (χ0n) is 8.60. The number of hydrogen-bond donors (Lipinski definition) is 1. The van der Waals surface area contributed by atoms with Crippen LogP contribution in [0.15, 0.2) is 4.52 Å². The zero-order valence-corrected chi connectivity index (χ0v) is 8.60. The van der Waals surface area contributed by atoms with E-state index in [1.165, 1.54) is 19.3 Å². The Hall–Kier alpha value is -0.900. The second-order valence-corrected chi connectivity index (χ2v) is 5.27. The van der Waals surface area contributed by atoms with Crippen LogP contribution in [-0.4, -0.2) is 10.1 Å². The third-order valence-corrected chi connectivity index (χ3v) is 4.69. The molecule has 4 heteroatoms. The Labute approximate surface area is 88.2 Å². The summed E-state index contributed by atoms with van der Waals surface area (Å²) in [4.78, 5) is 4.37. The Morgan fingerprint density at radius 1 is 1.27 bits per heavy atom. The van der Waals surface area contributed by atoms with Gasteiger partial charge in [-0.3, -0.25) is 0 Å². The van der Waals surface area contributed by atoms with Crippen LogP contribution in [0.2, 0.25) is 0 Å². The molecule has 1 aromatic rings. The standard InChI is InChI=1S/C11H15N3O/c12-4-7-13-11(15-14-7)10-8-5-1-2-6(3-5)9(8)10/h5-6,8-10H,1-4,12H2. The minimum absolute atomic E-state index is 0.387. The van der Waals surface area contributed by atoms with Crippen LogP contribution in [0.25, 0.3) is 0 Å². The van der Waals surface area contributed by atoms with E-state index in [0.29, 0.717) is 18.3 Å². The van der Waals surface area contributed by atoms with Gasteiger partial charge in [0, 0.05) is 5.92 Å². The summed E-state index contributed by atoms with van der Waals surface area (Å²) in [7, 11) is 0. The fraction of sp³-hybridized carbons (Fsp3) is 0.818. The molecule has 0 aromatic carbocycles. The van der Waals surface area contributed by atoms with E-state index in [1.807, 2.05) is 0 Å². The van der Waals surface area contributed by atoms with Crippen molar-refractivity contribution in [3.05, 3.63) is 11.7 Å². The van der Waals surface area contributed by atoms with Gasteiger partial charge in [0.25, 0.3) is 0 Å². The monoisotopic (exact) mass is 205 g/mol. The van der Waals surface area contributed by atoms with Crippen LogP contribution in [-0.2, 0) is 6.54 Å². The molecule has 3 fully saturated rings. The van der Waals surface area contributed by atoms with Crippen molar-refractivity contribution in [1.29, 1.82) is 0 Å². The van der Waals surface area contributed by atoms with Crippen molar-refractivity contribution in [3.8, 4) is 0 Å². The van der Waals surface area contributed by atoms with Crippen LogP contribution in [0.3, 0.4) is 0 Å². The molecule has 3 aliphatic rings. The van der Waals surface area contributed by atoms with E-state index in [9.17, 15) is 0 Å². The average molecular weight is 205 g/mol. The summed E-state index contributed by atoms with van der Waals surface area (Å²) in [6, 6.07) is 0. The molecule has 0 amide bonds. The van der Waals surface area contributed by atoms with Crippen LogP contribution in [0.5, 0.6) is 0 Å². The molecule has 0 aliphatic heterocycles. The van der Waals surface area contributed by atoms with E-state index in [2.05, 4.69) is 10.1 Å². The molecule has 4 atom stereocenters. The van der Waals surface area contributed by atoms with Crippen molar-refractivity contribution in [2.75, 3.05) is 0 Å². The molecule has 0 saturated heterocycles. The van der Waals surface area contributed by atoms with E-state index in [1.54, 1.807) is 0 Å². The van der Waals surface area contributed by atoms with E-state index in [0.717, 1.165) is 29.6 Å². The van der Waals surface area contributed by atoms with E-state index in [4.69, 9.17) is 10.3 Å². The van der Waals surface area contributed by atoms with Gasteiger partial charge in [-0.2, -0.15) is 4.98 Å². The Bertz CT molecular complexity index is 386. The van der Waals surface area contributed by atoms with Gasteiger partial charge >= 0.3 is 0 Å². The first-order valence-corrected chi connectivity index (χ1v) is 5.91. The molecule has 3 aliphatic carbocycles. The highest BCUT2D eigenvalue weighted by molar-refractivity contribution is 5.22. The number of nitrogens with zero attached hydrogens (tertiary/aromatic N) is 2. The Morgan fingerprint density at radius 3 is 2.60 bits per heavy atom. The van der Waals surface area contributed by atoms with Crippen molar-refractivity contribution in [3.63, 3.8) is 0 Å². The van der Waals surface area contributed by atoms with Crippen molar-refractivity contribution >= 4 is 0 Å². The fourth-order valence-electron chi connectivity index (χ4n) is 4.14. The van der Waals surface area contributed by atoms with Crippen molar-refractivity contribution in [1.82, 2.24) is 10.1 Å². The van der Waals surface area contributed by atoms with Gasteiger partial charge < -0.3 is 10.3 Å². The highest BCUT2D eigenvalue weighted by Crippen LogP contribution is 2.72. The number of rotatable bonds is 2. The summed E-state index contributed by atoms with van der Waals surface area (Å²) in [6.07, 6.45) is 4.32. The first-order valence-electron chi connectivity index (χ1n) is 5.91. The number of hydrogen-bond acceptors (Lipinski definition) is 4. The van der Waals surface area contributed by atoms with E-state index < -0.39 is 0 Å². The topological polar surface area (TPSA) is 64.9 Å². The lowest BCUT2D eigenvalue weighted by atomic mass is 10.0. The molecule has 3 saturated carbocycles. The first kappa shape index (κ1) is 8.28. The largest absolute Gasteiger partial charge is 0.339 e. The molecule has 4 nitrogen and oxygen atoms in total. The summed E-state index contributed by atoms with van der Waals surface area (Å²) < 4.78 is 5.30. The first-order chi connectivity index (χ1) is 7.38. The van der Waals surface area contributed by atoms with Crippen LogP contribution in [0.1, 0.15) is 36.9 Å². The number of fused-ring (bicyclic) bond motifs is 5. The van der Waals surface area contributed by atoms with E-state index >= 15 is 0 Å². The van der Waals surface area contributed by atoms with Crippen molar-refractivity contribution < 1.29 is 4.52 Å². The predicted octanol–water partition coefficient (Wildman–Crippen LogP) is 1.29. The lowest BCUT2D eigenvalue weighted by Gasteiger charge is -2.04. The Balaban J connectivity index is 1.61. The predicted molar refractivity (Wildman–Crippen MR) is 52.7 cm³/mol. The fourth-order valence-corrected chi connectivity index (χ4v) is 4.14. The van der Waals surface area contributed by atoms with Crippen LogP contribution >= 0.6 is 0 Å². The zero-order chi connectivity index (χ0) is 9.99. The second-order valence-electron chi connectivity index (χ2n) is 5.27. The molecule has 15 heavy (non-hydrogen) atoms. The summed E-state index contributed by atoms with van der Waals surface area (Å²) in [5.41, 5.74) is 5.48. The van der Waals surface area contributed by atoms with Crippen molar-refractivity contribution in [2.45, 2.75) is 31.7 Å². The highest BCUT2D eigenvalue weighted by atomic mass is 16.5. The molecule has 2 N–H and O–H groups in total. The van der Waals surface area contributed by atoms with Gasteiger partial charge in [-0.15, -0.1) is 0 Å². The second kappa shape index (κ2) is 2.61. The maximum Gasteiger partial charge on any atom is 0.230 e. The summed E-state index contributed by atoms with van der Waals surface area (Å²) in [6.45, 7) is 0.387. The summed E-state index contributed by atoms with van der Waals surface area (Å²) in [5.74, 6) is 5.76. The molecule has 0 radical (unpaired) electrons. The number of nitrogens with two attached hydrogens (primary N) is 1. The van der Waals surface area contributed by atoms with Crippen LogP contribution < -0.4 is 5.73 Å². The maximum absolute atomic E-state index is 5.48. The van der Waals surface area contributed by atoms with Gasteiger partial charge in [0.05, 0.1) is 6.54 Å². The van der Waals surface area contributed by atoms with Gasteiger partial charge in [0.2, 0.25) is 5.89 Å². The minimum Gasteiger partial charge on any atom is -0.339 e. The van der Waals surface area contributed by atoms with Gasteiger partial charge in [0.15, 0.2) is 5.82 Å². The number of aromatic nitrogens is 2. The van der Waals surface area contributed by atoms with Gasteiger partial charge in [0.1, 0.15) is 0 Å². The molecular formula is C11H15N3O. The average Bonchev–Trinajstić information content (AvgIpc) is 2.72. The van der Waals surface area contributed by atoms with E-state index in [-0.39, 0.29) is 0 Å². The molecule has 1 heterocycles. The SMILES string of the molecule is NCc1noc(C2C3C4CCC(C4)C23)n1. The van der Waals surface area contributed by atoms with Gasteiger partial charge in [-0.25, -0.2) is 0 Å². The molecule has 80 valence electrons. The Kier molecular flexibility index (Phi) is 1.44. The molecule has 1 aromatic heterocycles. The quantitative estimate of drug-likeness (QED) is 0.790. The minimum atomic E-state index is 0.387. The smallest absolute Gasteiger partial charge is 0.230 e. The molecular weight excluding hydrogens is 190 g/mol. The maximum atomic E-state index is 5.48.